The minimum Gasteiger partial charge on any atom is -0.493 e. The highest BCUT2D eigenvalue weighted by atomic mass is 16.6. The molecule has 0 bridgehead atoms. The van der Waals surface area contributed by atoms with E-state index in [4.69, 9.17) is 15.2 Å². The summed E-state index contributed by atoms with van der Waals surface area (Å²) < 4.78 is 10.4. The summed E-state index contributed by atoms with van der Waals surface area (Å²) in [6, 6.07) is 2.10. The molecule has 1 unspecified atom stereocenters. The maximum Gasteiger partial charge on any atom is 0.315 e. The van der Waals surface area contributed by atoms with Gasteiger partial charge in [-0.05, 0) is 30.0 Å². The van der Waals surface area contributed by atoms with Gasteiger partial charge in [-0.2, -0.15) is 0 Å². The monoisotopic (exact) mass is 219 g/mol. The molecule has 0 saturated carbocycles. The molecule has 0 aromatic heterocycles. The van der Waals surface area contributed by atoms with E-state index in [1.54, 1.807) is 7.11 Å². The van der Waals surface area contributed by atoms with E-state index >= 15 is 0 Å². The average Bonchev–Trinajstić information content (AvgIpc) is 2.78. The molecule has 0 amide bonds. The van der Waals surface area contributed by atoms with Gasteiger partial charge in [-0.3, -0.25) is 4.79 Å². The molecule has 3 rings (SSSR count). The maximum atomic E-state index is 11.3. The van der Waals surface area contributed by atoms with E-state index in [0.717, 1.165) is 18.4 Å². The molecule has 1 aliphatic heterocycles. The summed E-state index contributed by atoms with van der Waals surface area (Å²) in [5.74, 6) is 1.04. The summed E-state index contributed by atoms with van der Waals surface area (Å²) in [7, 11) is 1.59. The lowest BCUT2D eigenvalue weighted by molar-refractivity contribution is -0.131. The van der Waals surface area contributed by atoms with E-state index in [1.165, 1.54) is 11.1 Å². The predicted octanol–water partition coefficient (Wildman–Crippen LogP) is 0.583. The summed E-state index contributed by atoms with van der Waals surface area (Å²) in [4.78, 5) is 11.3. The molecule has 2 aliphatic rings. The highest BCUT2D eigenvalue weighted by molar-refractivity contribution is 5.84. The summed E-state index contributed by atoms with van der Waals surface area (Å²) >= 11 is 0. The van der Waals surface area contributed by atoms with Crippen molar-refractivity contribution in [2.24, 2.45) is 5.73 Å². The molecule has 84 valence electrons. The Balaban J connectivity index is 2.19. The Labute approximate surface area is 93.3 Å². The fourth-order valence-electron chi connectivity index (χ4n) is 2.59. The van der Waals surface area contributed by atoms with E-state index < -0.39 is 0 Å². The normalized spacial score (nSPS) is 21.6. The van der Waals surface area contributed by atoms with Crippen LogP contribution < -0.4 is 15.2 Å². The van der Waals surface area contributed by atoms with Crippen LogP contribution in [0, 0.1) is 0 Å². The zero-order valence-electron chi connectivity index (χ0n) is 9.08. The second-order valence-electron chi connectivity index (χ2n) is 4.34. The van der Waals surface area contributed by atoms with Crippen molar-refractivity contribution >= 4 is 5.97 Å². The molecule has 4 heteroatoms. The lowest BCUT2D eigenvalue weighted by atomic mass is 10.0. The van der Waals surface area contributed by atoms with Crippen LogP contribution in [0.4, 0.5) is 0 Å². The van der Waals surface area contributed by atoms with E-state index in [2.05, 4.69) is 0 Å². The van der Waals surface area contributed by atoms with Gasteiger partial charge in [-0.25, -0.2) is 0 Å². The molecule has 1 heterocycles. The zero-order chi connectivity index (χ0) is 11.3. The number of rotatable bonds is 1. The van der Waals surface area contributed by atoms with Gasteiger partial charge in [0.15, 0.2) is 11.5 Å². The molecular weight excluding hydrogens is 206 g/mol. The van der Waals surface area contributed by atoms with Crippen LogP contribution in [0.15, 0.2) is 6.07 Å². The maximum absolute atomic E-state index is 11.3. The van der Waals surface area contributed by atoms with Crippen molar-refractivity contribution in [1.82, 2.24) is 0 Å². The van der Waals surface area contributed by atoms with E-state index in [9.17, 15) is 4.79 Å². The number of carbonyl (C=O) groups is 1. The Morgan fingerprint density at radius 3 is 3.00 bits per heavy atom. The standard InChI is InChI=1S/C12H13NO3/c1-15-10-3-6-2-7(13)4-8(6)9-5-11(14)16-12(9)10/h3,7H,2,4-5,13H2,1H3. The second-order valence-corrected chi connectivity index (χ2v) is 4.34. The molecule has 0 spiro atoms. The quantitative estimate of drug-likeness (QED) is 0.554. The van der Waals surface area contributed by atoms with Crippen LogP contribution >= 0.6 is 0 Å². The Kier molecular flexibility index (Phi) is 1.94. The van der Waals surface area contributed by atoms with Crippen molar-refractivity contribution in [1.29, 1.82) is 0 Å². The number of hydrogen-bond acceptors (Lipinski definition) is 4. The molecule has 0 saturated heterocycles. The van der Waals surface area contributed by atoms with Gasteiger partial charge in [0, 0.05) is 11.6 Å². The van der Waals surface area contributed by atoms with Gasteiger partial charge >= 0.3 is 5.97 Å². The summed E-state index contributed by atoms with van der Waals surface area (Å²) in [6.45, 7) is 0. The van der Waals surface area contributed by atoms with E-state index in [0.29, 0.717) is 17.9 Å². The van der Waals surface area contributed by atoms with Gasteiger partial charge in [-0.15, -0.1) is 0 Å². The van der Waals surface area contributed by atoms with Crippen molar-refractivity contribution in [3.63, 3.8) is 0 Å². The van der Waals surface area contributed by atoms with Crippen molar-refractivity contribution in [3.8, 4) is 11.5 Å². The van der Waals surface area contributed by atoms with Crippen LogP contribution in [0.5, 0.6) is 11.5 Å². The van der Waals surface area contributed by atoms with Gasteiger partial charge in [-0.1, -0.05) is 0 Å². The van der Waals surface area contributed by atoms with E-state index in [1.807, 2.05) is 6.07 Å². The van der Waals surface area contributed by atoms with Crippen LogP contribution in [0.3, 0.4) is 0 Å². The number of benzene rings is 1. The zero-order valence-corrected chi connectivity index (χ0v) is 9.08. The number of carbonyl (C=O) groups excluding carboxylic acids is 1. The van der Waals surface area contributed by atoms with Gasteiger partial charge in [0.25, 0.3) is 0 Å². The van der Waals surface area contributed by atoms with Crippen LogP contribution in [0.1, 0.15) is 16.7 Å². The van der Waals surface area contributed by atoms with Gasteiger partial charge in [0.05, 0.1) is 13.5 Å². The van der Waals surface area contributed by atoms with Crippen LogP contribution in [0.2, 0.25) is 0 Å². The Morgan fingerprint density at radius 1 is 1.44 bits per heavy atom. The second kappa shape index (κ2) is 3.22. The first-order valence-corrected chi connectivity index (χ1v) is 5.37. The molecule has 1 atom stereocenters. The van der Waals surface area contributed by atoms with Crippen molar-refractivity contribution in [3.05, 3.63) is 22.8 Å². The lowest BCUT2D eigenvalue weighted by Crippen LogP contribution is -2.19. The molecule has 1 aliphatic carbocycles. The largest absolute Gasteiger partial charge is 0.493 e. The summed E-state index contributed by atoms with van der Waals surface area (Å²) in [6.07, 6.45) is 2.03. The van der Waals surface area contributed by atoms with Gasteiger partial charge in [0.1, 0.15) is 0 Å². The number of nitrogens with two attached hydrogens (primary N) is 1. The Morgan fingerprint density at radius 2 is 2.25 bits per heavy atom. The highest BCUT2D eigenvalue weighted by Crippen LogP contribution is 2.42. The van der Waals surface area contributed by atoms with Gasteiger partial charge < -0.3 is 15.2 Å². The first-order chi connectivity index (χ1) is 7.69. The first kappa shape index (κ1) is 9.66. The number of hydrogen-bond donors (Lipinski definition) is 1. The molecule has 16 heavy (non-hydrogen) atoms. The van der Waals surface area contributed by atoms with Crippen LogP contribution in [-0.2, 0) is 24.1 Å². The van der Waals surface area contributed by atoms with E-state index in [-0.39, 0.29) is 12.0 Å². The Bertz CT molecular complexity index is 482. The van der Waals surface area contributed by atoms with Crippen molar-refractivity contribution < 1.29 is 14.3 Å². The average molecular weight is 219 g/mol. The number of ether oxygens (including phenoxy) is 2. The van der Waals surface area contributed by atoms with Crippen molar-refractivity contribution in [2.45, 2.75) is 25.3 Å². The molecule has 1 aromatic rings. The molecule has 4 nitrogen and oxygen atoms in total. The molecule has 2 N–H and O–H groups in total. The fraction of sp³-hybridized carbons (Fsp3) is 0.417. The number of esters is 1. The summed E-state index contributed by atoms with van der Waals surface area (Å²) in [5, 5.41) is 0. The smallest absolute Gasteiger partial charge is 0.315 e. The number of methoxy groups -OCH3 is 1. The molecule has 0 radical (unpaired) electrons. The topological polar surface area (TPSA) is 61.5 Å². The third kappa shape index (κ3) is 1.23. The van der Waals surface area contributed by atoms with Crippen LogP contribution in [0.25, 0.3) is 0 Å². The lowest BCUT2D eigenvalue weighted by Gasteiger charge is -2.09. The van der Waals surface area contributed by atoms with Gasteiger partial charge in [0.2, 0.25) is 0 Å². The van der Waals surface area contributed by atoms with Crippen LogP contribution in [-0.4, -0.2) is 19.1 Å². The first-order valence-electron chi connectivity index (χ1n) is 5.37. The highest BCUT2D eigenvalue weighted by Gasteiger charge is 2.32. The molecule has 0 fully saturated rings. The predicted molar refractivity (Wildman–Crippen MR) is 57.7 cm³/mol. The SMILES string of the molecule is COc1cc2c(c3c1OC(=O)C3)CC(N)C2. The molecule has 1 aromatic carbocycles. The fourth-order valence-corrected chi connectivity index (χ4v) is 2.59. The minimum atomic E-state index is -0.206. The number of fused-ring (bicyclic) bond motifs is 3. The minimum absolute atomic E-state index is 0.155. The van der Waals surface area contributed by atoms with Crippen molar-refractivity contribution in [2.75, 3.05) is 7.11 Å². The Hall–Kier alpha value is -1.55. The third-order valence-electron chi connectivity index (χ3n) is 3.26. The third-order valence-corrected chi connectivity index (χ3v) is 3.26. The summed E-state index contributed by atoms with van der Waals surface area (Å²) in [5.41, 5.74) is 9.30. The molecular formula is C12H13NO3.